The highest BCUT2D eigenvalue weighted by Gasteiger charge is 2.25. The Labute approximate surface area is 99.5 Å². The van der Waals surface area contributed by atoms with Crippen molar-refractivity contribution in [2.75, 3.05) is 19.8 Å². The highest BCUT2D eigenvalue weighted by molar-refractivity contribution is 5.98. The molecule has 0 aromatic rings. The van der Waals surface area contributed by atoms with Gasteiger partial charge in [-0.05, 0) is 13.8 Å². The maximum absolute atomic E-state index is 11.5. The molecule has 0 amide bonds. The number of aliphatic hydroxyl groups is 2. The van der Waals surface area contributed by atoms with Gasteiger partial charge in [-0.3, -0.25) is 0 Å². The third-order valence-electron chi connectivity index (χ3n) is 2.50. The number of carbonyl (C=O) groups is 2. The maximum atomic E-state index is 11.5. The molecule has 0 fully saturated rings. The van der Waals surface area contributed by atoms with E-state index in [1.165, 1.54) is 13.8 Å². The van der Waals surface area contributed by atoms with Crippen LogP contribution in [0.15, 0.2) is 11.1 Å². The normalized spacial score (nSPS) is 13.0. The molecule has 6 nitrogen and oxygen atoms in total. The highest BCUT2D eigenvalue weighted by atomic mass is 16.5. The Bertz CT molecular complexity index is 327. The molecule has 0 rings (SSSR count). The van der Waals surface area contributed by atoms with Crippen LogP contribution in [0.2, 0.25) is 0 Å². The molecule has 0 saturated carbocycles. The van der Waals surface area contributed by atoms with Gasteiger partial charge in [-0.25, -0.2) is 9.59 Å². The van der Waals surface area contributed by atoms with Crippen molar-refractivity contribution in [2.24, 2.45) is 5.41 Å². The Kier molecular flexibility index (Phi) is 5.84. The minimum Gasteiger partial charge on any atom is -0.478 e. The monoisotopic (exact) mass is 246 g/mol. The summed E-state index contributed by atoms with van der Waals surface area (Å²) in [5.74, 6) is -1.95. The van der Waals surface area contributed by atoms with Crippen LogP contribution in [0.1, 0.15) is 20.8 Å². The van der Waals surface area contributed by atoms with E-state index in [0.29, 0.717) is 0 Å². The average molecular weight is 246 g/mol. The zero-order valence-corrected chi connectivity index (χ0v) is 10.2. The lowest BCUT2D eigenvalue weighted by Gasteiger charge is -2.23. The van der Waals surface area contributed by atoms with Crippen LogP contribution in [0.4, 0.5) is 0 Å². The first-order valence-electron chi connectivity index (χ1n) is 5.07. The molecule has 0 atom stereocenters. The minimum absolute atomic E-state index is 0.00395. The summed E-state index contributed by atoms with van der Waals surface area (Å²) in [6.07, 6.45) is 0. The summed E-state index contributed by atoms with van der Waals surface area (Å²) in [6.45, 7) is 3.35. The van der Waals surface area contributed by atoms with Crippen LogP contribution in [-0.2, 0) is 14.3 Å². The number of hydrogen-bond acceptors (Lipinski definition) is 5. The Morgan fingerprint density at radius 2 is 1.59 bits per heavy atom. The summed E-state index contributed by atoms with van der Waals surface area (Å²) in [4.78, 5) is 22.1. The van der Waals surface area contributed by atoms with Crippen LogP contribution < -0.4 is 0 Å². The number of carboxylic acids is 1. The minimum atomic E-state index is -1.19. The molecule has 0 radical (unpaired) electrons. The van der Waals surface area contributed by atoms with Gasteiger partial charge in [-0.15, -0.1) is 0 Å². The van der Waals surface area contributed by atoms with E-state index >= 15 is 0 Å². The Morgan fingerprint density at radius 1 is 1.12 bits per heavy atom. The second-order valence-electron chi connectivity index (χ2n) is 4.26. The summed E-state index contributed by atoms with van der Waals surface area (Å²) >= 11 is 0. The molecule has 0 heterocycles. The number of esters is 1. The van der Waals surface area contributed by atoms with Crippen molar-refractivity contribution in [3.8, 4) is 0 Å². The molecule has 3 N–H and O–H groups in total. The third kappa shape index (κ3) is 4.54. The second kappa shape index (κ2) is 6.36. The number of aliphatic hydroxyl groups excluding tert-OH is 2. The van der Waals surface area contributed by atoms with E-state index in [1.54, 1.807) is 6.92 Å². The van der Waals surface area contributed by atoms with Crippen LogP contribution in [-0.4, -0.2) is 47.1 Å². The lowest BCUT2D eigenvalue weighted by Crippen LogP contribution is -2.33. The van der Waals surface area contributed by atoms with E-state index in [0.717, 1.165) is 0 Å². The van der Waals surface area contributed by atoms with Crippen molar-refractivity contribution in [1.82, 2.24) is 0 Å². The van der Waals surface area contributed by atoms with Gasteiger partial charge < -0.3 is 20.1 Å². The molecule has 6 heteroatoms. The Balaban J connectivity index is 4.58. The first kappa shape index (κ1) is 15.6. The molecule has 0 bridgehead atoms. The molecule has 0 aliphatic heterocycles. The lowest BCUT2D eigenvalue weighted by atomic mass is 9.94. The van der Waals surface area contributed by atoms with E-state index in [1.807, 2.05) is 0 Å². The highest BCUT2D eigenvalue weighted by Crippen LogP contribution is 2.16. The zero-order chi connectivity index (χ0) is 13.6. The van der Waals surface area contributed by atoms with E-state index < -0.39 is 17.4 Å². The van der Waals surface area contributed by atoms with Gasteiger partial charge >= 0.3 is 11.9 Å². The molecular formula is C11H18O6. The lowest BCUT2D eigenvalue weighted by molar-refractivity contribution is -0.145. The van der Waals surface area contributed by atoms with Gasteiger partial charge in [0.15, 0.2) is 0 Å². The van der Waals surface area contributed by atoms with Gasteiger partial charge in [-0.2, -0.15) is 0 Å². The van der Waals surface area contributed by atoms with Crippen LogP contribution in [0.5, 0.6) is 0 Å². The molecular weight excluding hydrogens is 228 g/mol. The summed E-state index contributed by atoms with van der Waals surface area (Å²) in [5, 5.41) is 26.6. The Morgan fingerprint density at radius 3 is 1.94 bits per heavy atom. The summed E-state index contributed by atoms with van der Waals surface area (Å²) in [6, 6.07) is 0. The average Bonchev–Trinajstić information content (AvgIpc) is 2.33. The van der Waals surface area contributed by atoms with Crippen LogP contribution in [0.25, 0.3) is 0 Å². The molecule has 0 aliphatic carbocycles. The standard InChI is InChI=1S/C11H18O6/c1-7(9(14)15)8(2)10(16)17-6-11(3,4-12)5-13/h12-13H,4-6H2,1-3H3,(H,14,15)/b8-7-. The van der Waals surface area contributed by atoms with Crippen LogP contribution >= 0.6 is 0 Å². The Hall–Kier alpha value is -1.40. The zero-order valence-electron chi connectivity index (χ0n) is 10.2. The number of aliphatic carboxylic acids is 1. The quantitative estimate of drug-likeness (QED) is 0.448. The van der Waals surface area contributed by atoms with Gasteiger partial charge in [-0.1, -0.05) is 6.92 Å². The van der Waals surface area contributed by atoms with E-state index in [-0.39, 0.29) is 31.0 Å². The van der Waals surface area contributed by atoms with Crippen LogP contribution in [0.3, 0.4) is 0 Å². The van der Waals surface area contributed by atoms with Crippen molar-refractivity contribution in [1.29, 1.82) is 0 Å². The molecule has 0 saturated heterocycles. The number of hydrogen-bond donors (Lipinski definition) is 3. The van der Waals surface area contributed by atoms with Crippen molar-refractivity contribution in [3.05, 3.63) is 11.1 Å². The van der Waals surface area contributed by atoms with Crippen molar-refractivity contribution < 1.29 is 29.6 Å². The molecule has 17 heavy (non-hydrogen) atoms. The fourth-order valence-corrected chi connectivity index (χ4v) is 0.803. The molecule has 0 aromatic carbocycles. The summed E-state index contributed by atoms with van der Waals surface area (Å²) < 4.78 is 4.84. The molecule has 0 aliphatic rings. The van der Waals surface area contributed by atoms with Gasteiger partial charge in [0.2, 0.25) is 0 Å². The van der Waals surface area contributed by atoms with Crippen molar-refractivity contribution in [3.63, 3.8) is 0 Å². The van der Waals surface area contributed by atoms with Gasteiger partial charge in [0, 0.05) is 16.6 Å². The SMILES string of the molecule is C/C(C(=O)O)=C(\C)C(=O)OCC(C)(CO)CO. The van der Waals surface area contributed by atoms with Gasteiger partial charge in [0.05, 0.1) is 13.2 Å². The van der Waals surface area contributed by atoms with E-state index in [2.05, 4.69) is 0 Å². The predicted molar refractivity (Wildman–Crippen MR) is 59.2 cm³/mol. The predicted octanol–water partition coefficient (Wildman–Crippen LogP) is -0.0585. The first-order chi connectivity index (χ1) is 7.77. The fraction of sp³-hybridized carbons (Fsp3) is 0.636. The van der Waals surface area contributed by atoms with E-state index in [9.17, 15) is 9.59 Å². The number of carboxylic acid groups (broad SMARTS) is 1. The number of carbonyl (C=O) groups excluding carboxylic acids is 1. The smallest absolute Gasteiger partial charge is 0.334 e. The van der Waals surface area contributed by atoms with E-state index in [4.69, 9.17) is 20.1 Å². The second-order valence-corrected chi connectivity index (χ2v) is 4.26. The molecule has 0 aromatic heterocycles. The summed E-state index contributed by atoms with van der Waals surface area (Å²) in [7, 11) is 0. The largest absolute Gasteiger partial charge is 0.478 e. The number of ether oxygens (including phenoxy) is 1. The topological polar surface area (TPSA) is 104 Å². The molecule has 0 unspecified atom stereocenters. The first-order valence-corrected chi connectivity index (χ1v) is 5.07. The fourth-order valence-electron chi connectivity index (χ4n) is 0.803. The third-order valence-corrected chi connectivity index (χ3v) is 2.50. The summed E-state index contributed by atoms with van der Waals surface area (Å²) in [5.41, 5.74) is -1.02. The number of rotatable bonds is 6. The van der Waals surface area contributed by atoms with Gasteiger partial charge in [0.25, 0.3) is 0 Å². The van der Waals surface area contributed by atoms with Crippen LogP contribution in [0, 0.1) is 5.41 Å². The van der Waals surface area contributed by atoms with Gasteiger partial charge in [0.1, 0.15) is 6.61 Å². The van der Waals surface area contributed by atoms with Crippen molar-refractivity contribution in [2.45, 2.75) is 20.8 Å². The van der Waals surface area contributed by atoms with Crippen molar-refractivity contribution >= 4 is 11.9 Å². The molecule has 0 spiro atoms. The molecule has 98 valence electrons. The maximum Gasteiger partial charge on any atom is 0.334 e.